The van der Waals surface area contributed by atoms with Crippen LogP contribution in [0.15, 0.2) is 91.6 Å². The molecule has 0 radical (unpaired) electrons. The first-order chi connectivity index (χ1) is 19.2. The van der Waals surface area contributed by atoms with Crippen molar-refractivity contribution in [2.45, 2.75) is 32.9 Å². The summed E-state index contributed by atoms with van der Waals surface area (Å²) < 4.78 is 8.36. The molecule has 1 saturated heterocycles. The van der Waals surface area contributed by atoms with Gasteiger partial charge < -0.3 is 19.5 Å². The molecule has 0 aliphatic carbocycles. The molecular weight excluding hydrogens is 480 g/mol. The second kappa shape index (κ2) is 13.5. The van der Waals surface area contributed by atoms with E-state index in [-0.39, 0.29) is 0 Å². The molecule has 5 heteroatoms. The van der Waals surface area contributed by atoms with Crippen LogP contribution >= 0.6 is 0 Å². The number of nitrogens with one attached hydrogen (secondary N) is 1. The van der Waals surface area contributed by atoms with Gasteiger partial charge in [-0.25, -0.2) is 0 Å². The van der Waals surface area contributed by atoms with E-state index in [2.05, 4.69) is 87.9 Å². The fourth-order valence-electron chi connectivity index (χ4n) is 5.55. The number of ether oxygens (including phenoxy) is 1. The van der Waals surface area contributed by atoms with Crippen molar-refractivity contribution >= 4 is 16.6 Å². The third-order valence-corrected chi connectivity index (χ3v) is 7.79. The van der Waals surface area contributed by atoms with E-state index in [0.717, 1.165) is 83.3 Å². The molecular formula is C34H42N4O. The van der Waals surface area contributed by atoms with E-state index in [1.165, 1.54) is 27.6 Å². The Morgan fingerprint density at radius 2 is 1.51 bits per heavy atom. The van der Waals surface area contributed by atoms with Gasteiger partial charge in [-0.3, -0.25) is 4.90 Å². The highest BCUT2D eigenvalue weighted by Gasteiger charge is 2.17. The van der Waals surface area contributed by atoms with Crippen molar-refractivity contribution < 1.29 is 4.74 Å². The average Bonchev–Trinajstić information content (AvgIpc) is 3.37. The first-order valence-corrected chi connectivity index (χ1v) is 14.4. The van der Waals surface area contributed by atoms with Gasteiger partial charge in [0.25, 0.3) is 0 Å². The maximum Gasteiger partial charge on any atom is 0.119 e. The zero-order valence-electron chi connectivity index (χ0n) is 23.3. The Labute approximate surface area is 233 Å². The Balaban J connectivity index is 1.13. The summed E-state index contributed by atoms with van der Waals surface area (Å²) in [5.74, 6) is 0.957. The highest BCUT2D eigenvalue weighted by molar-refractivity contribution is 5.94. The zero-order valence-corrected chi connectivity index (χ0v) is 23.3. The lowest BCUT2D eigenvalue weighted by Gasteiger charge is -2.34. The van der Waals surface area contributed by atoms with Crippen LogP contribution in [0.25, 0.3) is 16.6 Å². The summed E-state index contributed by atoms with van der Waals surface area (Å²) in [4.78, 5) is 5.13. The van der Waals surface area contributed by atoms with Crippen LogP contribution in [0, 0.1) is 0 Å². The predicted molar refractivity (Wildman–Crippen MR) is 163 cm³/mol. The number of aryl methyl sites for hydroxylation is 2. The quantitative estimate of drug-likeness (QED) is 0.232. The van der Waals surface area contributed by atoms with Crippen LogP contribution in [0.2, 0.25) is 0 Å². The van der Waals surface area contributed by atoms with Gasteiger partial charge in [-0.05, 0) is 42.6 Å². The summed E-state index contributed by atoms with van der Waals surface area (Å²) in [5, 5.41) is 4.86. The van der Waals surface area contributed by atoms with Gasteiger partial charge in [-0.15, -0.1) is 0 Å². The fraction of sp³-hybridized carbons (Fsp3) is 0.353. The Bertz CT molecular complexity index is 1320. The summed E-state index contributed by atoms with van der Waals surface area (Å²) in [5.41, 5.74) is 6.23. The average molecular weight is 523 g/mol. The largest absolute Gasteiger partial charge is 0.492 e. The van der Waals surface area contributed by atoms with Gasteiger partial charge in [0, 0.05) is 68.7 Å². The minimum Gasteiger partial charge on any atom is -0.492 e. The molecule has 5 nitrogen and oxygen atoms in total. The predicted octanol–water partition coefficient (Wildman–Crippen LogP) is 6.05. The summed E-state index contributed by atoms with van der Waals surface area (Å²) in [6, 6.07) is 27.3. The molecule has 4 aromatic rings. The molecule has 0 atom stereocenters. The number of para-hydroxylation sites is 2. The van der Waals surface area contributed by atoms with Crippen molar-refractivity contribution in [3.63, 3.8) is 0 Å². The lowest BCUT2D eigenvalue weighted by Crippen LogP contribution is -2.47. The molecule has 1 fully saturated rings. The highest BCUT2D eigenvalue weighted by Crippen LogP contribution is 2.29. The zero-order chi connectivity index (χ0) is 26.9. The topological polar surface area (TPSA) is 32.7 Å². The van der Waals surface area contributed by atoms with Crippen LogP contribution in [0.1, 0.15) is 30.0 Å². The Morgan fingerprint density at radius 3 is 2.23 bits per heavy atom. The third-order valence-electron chi connectivity index (χ3n) is 7.79. The summed E-state index contributed by atoms with van der Waals surface area (Å²) in [6.07, 6.45) is 4.48. The van der Waals surface area contributed by atoms with Crippen molar-refractivity contribution in [3.05, 3.63) is 108 Å². The molecule has 3 aromatic carbocycles. The Morgan fingerprint density at radius 1 is 0.821 bits per heavy atom. The number of fused-ring (bicyclic) bond motifs is 1. The van der Waals surface area contributed by atoms with E-state index in [0.29, 0.717) is 0 Å². The van der Waals surface area contributed by atoms with Crippen molar-refractivity contribution in [2.24, 2.45) is 0 Å². The van der Waals surface area contributed by atoms with E-state index in [4.69, 9.17) is 4.74 Å². The van der Waals surface area contributed by atoms with Gasteiger partial charge in [-0.2, -0.15) is 0 Å². The molecule has 5 rings (SSSR count). The lowest BCUT2D eigenvalue weighted by molar-refractivity contribution is 0.115. The standard InChI is InChI=1S/C34H42N4O/c1-3-30-14-10-17-32-33(28(2)35-26-29-12-6-4-7-13-29)27-38(34(30)32)19-11-18-36-20-22-37(23-21-36)24-25-39-31-15-8-5-9-16-31/h4-10,12-17,27,35H,2-3,11,18-26H2,1H3. The molecule has 204 valence electrons. The Kier molecular flexibility index (Phi) is 9.36. The number of hydrogen-bond acceptors (Lipinski definition) is 4. The van der Waals surface area contributed by atoms with E-state index in [9.17, 15) is 0 Å². The molecule has 39 heavy (non-hydrogen) atoms. The Hall–Kier alpha value is -3.54. The number of rotatable bonds is 13. The maximum absolute atomic E-state index is 5.89. The van der Waals surface area contributed by atoms with Gasteiger partial charge in [-0.1, -0.05) is 80.2 Å². The molecule has 1 aliphatic heterocycles. The summed E-state index contributed by atoms with van der Waals surface area (Å²) in [7, 11) is 0. The number of aromatic nitrogens is 1. The maximum atomic E-state index is 5.89. The van der Waals surface area contributed by atoms with Gasteiger partial charge in [0.05, 0.1) is 5.52 Å². The second-order valence-corrected chi connectivity index (χ2v) is 10.4. The third kappa shape index (κ3) is 7.11. The van der Waals surface area contributed by atoms with Crippen LogP contribution in [0.5, 0.6) is 5.75 Å². The van der Waals surface area contributed by atoms with Gasteiger partial charge in [0.1, 0.15) is 12.4 Å². The summed E-state index contributed by atoms with van der Waals surface area (Å²) >= 11 is 0. The van der Waals surface area contributed by atoms with Crippen LogP contribution in [-0.2, 0) is 19.5 Å². The van der Waals surface area contributed by atoms with Crippen LogP contribution in [-0.4, -0.2) is 60.2 Å². The first kappa shape index (κ1) is 27.0. The molecule has 1 aromatic heterocycles. The van der Waals surface area contributed by atoms with Crippen molar-refractivity contribution in [3.8, 4) is 5.75 Å². The molecule has 1 aliphatic rings. The second-order valence-electron chi connectivity index (χ2n) is 10.4. The molecule has 0 spiro atoms. The van der Waals surface area contributed by atoms with Gasteiger partial charge >= 0.3 is 0 Å². The van der Waals surface area contributed by atoms with E-state index >= 15 is 0 Å². The number of hydrogen-bond donors (Lipinski definition) is 1. The van der Waals surface area contributed by atoms with Crippen LogP contribution in [0.3, 0.4) is 0 Å². The van der Waals surface area contributed by atoms with Crippen LogP contribution in [0.4, 0.5) is 0 Å². The fourth-order valence-corrected chi connectivity index (χ4v) is 5.55. The minimum absolute atomic E-state index is 0.748. The van der Waals surface area contributed by atoms with Crippen LogP contribution < -0.4 is 10.1 Å². The molecule has 0 unspecified atom stereocenters. The van der Waals surface area contributed by atoms with Gasteiger partial charge in [0.15, 0.2) is 0 Å². The highest BCUT2D eigenvalue weighted by atomic mass is 16.5. The van der Waals surface area contributed by atoms with Gasteiger partial charge in [0.2, 0.25) is 0 Å². The van der Waals surface area contributed by atoms with E-state index in [1.54, 1.807) is 0 Å². The number of benzene rings is 3. The first-order valence-electron chi connectivity index (χ1n) is 14.4. The van der Waals surface area contributed by atoms with Crippen molar-refractivity contribution in [1.29, 1.82) is 0 Å². The smallest absolute Gasteiger partial charge is 0.119 e. The molecule has 0 bridgehead atoms. The van der Waals surface area contributed by atoms with E-state index in [1.807, 2.05) is 30.3 Å². The molecule has 0 saturated carbocycles. The molecule has 0 amide bonds. The monoisotopic (exact) mass is 522 g/mol. The summed E-state index contributed by atoms with van der Waals surface area (Å²) in [6.45, 7) is 15.8. The van der Waals surface area contributed by atoms with Crippen molar-refractivity contribution in [1.82, 2.24) is 19.7 Å². The van der Waals surface area contributed by atoms with E-state index < -0.39 is 0 Å². The molecule has 2 heterocycles. The number of nitrogens with zero attached hydrogens (tertiary/aromatic N) is 3. The van der Waals surface area contributed by atoms with Crippen molar-refractivity contribution in [2.75, 3.05) is 45.9 Å². The minimum atomic E-state index is 0.748. The number of piperazine rings is 1. The normalized spacial score (nSPS) is 14.5. The lowest BCUT2D eigenvalue weighted by atomic mass is 10.1. The SMILES string of the molecule is C=C(NCc1ccccc1)c1cn(CCCN2CCN(CCOc3ccccc3)CC2)c2c(CC)cccc12. The molecule has 1 N–H and O–H groups in total.